The fraction of sp³-hybridized carbons (Fsp3) is 0.300. The molecule has 2 saturated heterocycles. The number of aromatic hydroxyl groups is 1. The lowest BCUT2D eigenvalue weighted by molar-refractivity contribution is -0.141. The number of methoxy groups -OCH3 is 3. The first-order valence-corrected chi connectivity index (χ1v) is 18.9. The zero-order valence-electron chi connectivity index (χ0n) is 29.4. The average molecular weight is 789 g/mol. The number of amides is 4. The largest absolute Gasteiger partial charge is 0.507 e. The smallest absolute Gasteiger partial charge is 0.260 e. The maximum Gasteiger partial charge on any atom is 0.260 e. The van der Waals surface area contributed by atoms with E-state index >= 15 is 4.79 Å². The van der Waals surface area contributed by atoms with E-state index in [1.54, 1.807) is 42.5 Å². The Bertz CT molecular complexity index is 2230. The van der Waals surface area contributed by atoms with Gasteiger partial charge in [-0.05, 0) is 66.1 Å². The van der Waals surface area contributed by atoms with Crippen LogP contribution in [0.25, 0.3) is 0 Å². The van der Waals surface area contributed by atoms with Gasteiger partial charge in [0.1, 0.15) is 23.0 Å². The van der Waals surface area contributed by atoms with Gasteiger partial charge in [-0.2, -0.15) is 5.01 Å². The minimum atomic E-state index is -1.69. The molecule has 4 aliphatic rings. The molecule has 0 radical (unpaired) electrons. The number of carbonyl (C=O) groups is 4. The van der Waals surface area contributed by atoms with Crippen molar-refractivity contribution >= 4 is 63.9 Å². The van der Waals surface area contributed by atoms with Crippen LogP contribution >= 0.6 is 34.5 Å². The van der Waals surface area contributed by atoms with E-state index in [4.69, 9.17) is 37.4 Å². The van der Waals surface area contributed by atoms with E-state index in [0.717, 1.165) is 9.89 Å². The van der Waals surface area contributed by atoms with Crippen molar-refractivity contribution in [2.45, 2.75) is 30.7 Å². The second-order valence-corrected chi connectivity index (χ2v) is 15.7. The van der Waals surface area contributed by atoms with Crippen LogP contribution < -0.4 is 19.6 Å². The lowest BCUT2D eigenvalue weighted by Gasteiger charge is -2.50. The number of phenolic OH excluding ortho intramolecular Hbond substituents is 1. The highest BCUT2D eigenvalue weighted by atomic mass is 35.5. The normalized spacial score (nSPS) is 25.9. The summed E-state index contributed by atoms with van der Waals surface area (Å²) in [4.78, 5) is 61.1. The van der Waals surface area contributed by atoms with Gasteiger partial charge in [0.25, 0.3) is 11.8 Å². The Morgan fingerprint density at radius 1 is 0.889 bits per heavy atom. The zero-order chi connectivity index (χ0) is 38.1. The Morgan fingerprint density at radius 2 is 1.65 bits per heavy atom. The molecule has 54 heavy (non-hydrogen) atoms. The summed E-state index contributed by atoms with van der Waals surface area (Å²) in [5, 5.41) is 15.4. The molecule has 3 heterocycles. The molecule has 14 heteroatoms. The Hall–Kier alpha value is -5.04. The molecule has 2 N–H and O–H groups in total. The van der Waals surface area contributed by atoms with Crippen molar-refractivity contribution in [3.63, 3.8) is 0 Å². The van der Waals surface area contributed by atoms with Crippen LogP contribution in [0.5, 0.6) is 23.0 Å². The summed E-state index contributed by atoms with van der Waals surface area (Å²) < 4.78 is 16.9. The summed E-state index contributed by atoms with van der Waals surface area (Å²) in [6.07, 6.45) is 2.22. The molecule has 2 aliphatic carbocycles. The van der Waals surface area contributed by atoms with Crippen LogP contribution in [-0.4, -0.2) is 60.0 Å². The summed E-state index contributed by atoms with van der Waals surface area (Å²) in [5.41, 5.74) is 2.94. The molecule has 11 nitrogen and oxygen atoms in total. The van der Waals surface area contributed by atoms with Gasteiger partial charge in [-0.15, -0.1) is 11.3 Å². The average Bonchev–Trinajstić information content (AvgIpc) is 3.84. The van der Waals surface area contributed by atoms with Crippen molar-refractivity contribution in [3.05, 3.63) is 110 Å². The molecule has 3 aromatic carbocycles. The zero-order valence-corrected chi connectivity index (χ0v) is 31.7. The Morgan fingerprint density at radius 3 is 2.31 bits per heavy atom. The lowest BCUT2D eigenvalue weighted by Crippen LogP contribution is -2.53. The SMILES string of the molecule is COc1ccc([C@@]23C(=O)N(Nc4ccc(Cl)cc4Cl)C(=O)[C@@H]2C[C@@H]2C(=CC[C@@H]4C(=O)N(Cc5cccs5)C(=O)[C@@H]42)[C@@H]3c2c(O)cc(OC)cc2OC)cc1. The van der Waals surface area contributed by atoms with Crippen LogP contribution in [0.1, 0.15) is 34.8 Å². The van der Waals surface area contributed by atoms with Crippen LogP contribution in [0.4, 0.5) is 5.69 Å². The lowest BCUT2D eigenvalue weighted by atomic mass is 9.49. The van der Waals surface area contributed by atoms with E-state index in [9.17, 15) is 19.5 Å². The minimum Gasteiger partial charge on any atom is -0.507 e. The summed E-state index contributed by atoms with van der Waals surface area (Å²) in [6, 6.07) is 18.4. The molecule has 0 spiro atoms. The number of rotatable bonds is 9. The van der Waals surface area contributed by atoms with Gasteiger partial charge in [0, 0.05) is 33.5 Å². The number of nitrogens with zero attached hydrogens (tertiary/aromatic N) is 2. The molecule has 6 atom stereocenters. The standard InChI is InChI=1S/C40H35Cl2N3O8S/c1-51-22-9-6-20(7-10-22)40-28(37(48)45(39(40)50)43-30-13-8-21(41)15-29(30)42)18-27-25(35(40)34-31(46)16-23(52-2)17-32(34)53-3)11-12-26-33(27)38(49)44(36(26)47)19-24-5-4-14-54-24/h4-11,13-17,26-28,33,35,43,46H,12,18-19H2,1-3H3/t26-,27+,28-,33-,35+,40+/m0/s1. The number of hydrogen-bond donors (Lipinski definition) is 2. The molecular weight excluding hydrogens is 753 g/mol. The molecule has 3 fully saturated rings. The Kier molecular flexibility index (Phi) is 9.10. The fourth-order valence-electron chi connectivity index (χ4n) is 9.10. The molecule has 1 aromatic heterocycles. The molecule has 0 bridgehead atoms. The quantitative estimate of drug-likeness (QED) is 0.136. The number of allylic oxidation sites excluding steroid dienone is 2. The van der Waals surface area contributed by atoms with Crippen LogP contribution in [0, 0.1) is 23.7 Å². The maximum atomic E-state index is 15.5. The molecule has 4 aromatic rings. The van der Waals surface area contributed by atoms with Gasteiger partial charge in [-0.25, -0.2) is 0 Å². The number of benzene rings is 3. The molecule has 8 rings (SSSR count). The number of thiophene rings is 1. The number of nitrogens with one attached hydrogen (secondary N) is 1. The third-order valence-electron chi connectivity index (χ3n) is 11.4. The molecule has 4 amide bonds. The second kappa shape index (κ2) is 13.7. The molecular formula is C40H35Cl2N3O8S. The highest BCUT2D eigenvalue weighted by Gasteiger charge is 2.71. The third-order valence-corrected chi connectivity index (χ3v) is 12.8. The first-order valence-electron chi connectivity index (χ1n) is 17.3. The van der Waals surface area contributed by atoms with Gasteiger partial charge in [0.05, 0.1) is 61.8 Å². The van der Waals surface area contributed by atoms with Gasteiger partial charge in [-0.1, -0.05) is 53.1 Å². The van der Waals surface area contributed by atoms with Crippen molar-refractivity contribution in [1.82, 2.24) is 9.91 Å². The molecule has 2 aliphatic heterocycles. The van der Waals surface area contributed by atoms with Gasteiger partial charge < -0.3 is 19.3 Å². The van der Waals surface area contributed by atoms with Crippen LogP contribution in [0.2, 0.25) is 10.0 Å². The number of fused-ring (bicyclic) bond motifs is 4. The monoisotopic (exact) mass is 787 g/mol. The van der Waals surface area contributed by atoms with E-state index in [2.05, 4.69) is 5.43 Å². The van der Waals surface area contributed by atoms with E-state index in [1.807, 2.05) is 23.6 Å². The Balaban J connectivity index is 1.36. The predicted molar refractivity (Wildman–Crippen MR) is 202 cm³/mol. The predicted octanol–water partition coefficient (Wildman–Crippen LogP) is 6.97. The summed E-state index contributed by atoms with van der Waals surface area (Å²) in [7, 11) is 4.43. The van der Waals surface area contributed by atoms with Gasteiger partial charge >= 0.3 is 0 Å². The van der Waals surface area contributed by atoms with Crippen molar-refractivity contribution in [2.24, 2.45) is 23.7 Å². The number of anilines is 1. The third kappa shape index (κ3) is 5.37. The Labute approximate surface area is 325 Å². The van der Waals surface area contributed by atoms with Crippen molar-refractivity contribution < 1.29 is 38.5 Å². The number of likely N-dealkylation sites (tertiary alicyclic amines) is 1. The highest BCUT2D eigenvalue weighted by Crippen LogP contribution is 2.66. The van der Waals surface area contributed by atoms with Crippen LogP contribution in [0.15, 0.2) is 83.8 Å². The number of phenols is 1. The topological polar surface area (TPSA) is 135 Å². The van der Waals surface area contributed by atoms with Crippen LogP contribution in [-0.2, 0) is 31.1 Å². The number of halogens is 2. The second-order valence-electron chi connectivity index (χ2n) is 13.8. The van der Waals surface area contributed by atoms with Gasteiger partial charge in [-0.3, -0.25) is 29.5 Å². The number of carbonyl (C=O) groups excluding carboxylic acids is 4. The van der Waals surface area contributed by atoms with E-state index in [0.29, 0.717) is 27.7 Å². The van der Waals surface area contributed by atoms with Gasteiger partial charge in [0.2, 0.25) is 11.8 Å². The number of ether oxygens (including phenoxy) is 3. The summed E-state index contributed by atoms with van der Waals surface area (Å²) in [6.45, 7) is 0.150. The minimum absolute atomic E-state index is 0.0672. The van der Waals surface area contributed by atoms with E-state index in [-0.39, 0.29) is 59.0 Å². The first-order chi connectivity index (χ1) is 26.0. The summed E-state index contributed by atoms with van der Waals surface area (Å²) in [5.74, 6) is -5.15. The van der Waals surface area contributed by atoms with Crippen molar-refractivity contribution in [3.8, 4) is 23.0 Å². The molecule has 1 saturated carbocycles. The fourth-order valence-corrected chi connectivity index (χ4v) is 10.2. The molecule has 0 unspecified atom stereocenters. The first kappa shape index (κ1) is 36.0. The molecule has 278 valence electrons. The summed E-state index contributed by atoms with van der Waals surface area (Å²) >= 11 is 14.2. The maximum absolute atomic E-state index is 15.5. The van der Waals surface area contributed by atoms with Gasteiger partial charge in [0.15, 0.2) is 0 Å². The highest BCUT2D eigenvalue weighted by molar-refractivity contribution is 7.09. The van der Waals surface area contributed by atoms with Crippen molar-refractivity contribution in [1.29, 1.82) is 0 Å². The number of hydrogen-bond acceptors (Lipinski definition) is 10. The van der Waals surface area contributed by atoms with E-state index < -0.39 is 46.8 Å². The number of imide groups is 2. The van der Waals surface area contributed by atoms with E-state index in [1.165, 1.54) is 49.7 Å². The number of hydrazine groups is 1. The van der Waals surface area contributed by atoms with Crippen LogP contribution in [0.3, 0.4) is 0 Å². The van der Waals surface area contributed by atoms with Crippen molar-refractivity contribution in [2.75, 3.05) is 26.8 Å².